The van der Waals surface area contributed by atoms with Crippen molar-refractivity contribution in [2.24, 2.45) is 5.73 Å². The van der Waals surface area contributed by atoms with E-state index in [0.717, 1.165) is 11.3 Å². The summed E-state index contributed by atoms with van der Waals surface area (Å²) in [5.74, 6) is -0.912. The number of nitrogens with two attached hydrogens (primary N) is 1. The van der Waals surface area contributed by atoms with E-state index in [1.165, 1.54) is 4.90 Å². The summed E-state index contributed by atoms with van der Waals surface area (Å²) in [6.07, 6.45) is -0.260. The number of hydrogen-bond acceptors (Lipinski definition) is 2. The molecule has 0 atom stereocenters. The maximum absolute atomic E-state index is 11.5. The highest BCUT2D eigenvalue weighted by Crippen LogP contribution is 2.13. The Balaban J connectivity index is 2.76. The number of hydrogen-bond donors (Lipinski definition) is 1. The van der Waals surface area contributed by atoms with Gasteiger partial charge in [0, 0.05) is 12.7 Å². The van der Waals surface area contributed by atoms with Crippen LogP contribution in [0.15, 0.2) is 24.3 Å². The molecule has 0 unspecified atom stereocenters. The third-order valence-electron chi connectivity index (χ3n) is 2.12. The van der Waals surface area contributed by atoms with Gasteiger partial charge in [-0.1, -0.05) is 17.7 Å². The van der Waals surface area contributed by atoms with E-state index in [-0.39, 0.29) is 12.3 Å². The summed E-state index contributed by atoms with van der Waals surface area (Å²) >= 11 is 0. The van der Waals surface area contributed by atoms with E-state index in [9.17, 15) is 9.59 Å². The first-order valence-corrected chi connectivity index (χ1v) is 4.62. The molecular formula is C11H14N2O2. The fourth-order valence-corrected chi connectivity index (χ4v) is 1.18. The Morgan fingerprint density at radius 3 is 2.27 bits per heavy atom. The number of primary amides is 1. The third kappa shape index (κ3) is 3.09. The monoisotopic (exact) mass is 206 g/mol. The molecule has 1 rings (SSSR count). The summed E-state index contributed by atoms with van der Waals surface area (Å²) in [7, 11) is 1.62. The van der Waals surface area contributed by atoms with Crippen molar-refractivity contribution in [2.45, 2.75) is 13.3 Å². The molecule has 0 aromatic heterocycles. The zero-order valence-corrected chi connectivity index (χ0v) is 8.86. The van der Waals surface area contributed by atoms with Crippen molar-refractivity contribution >= 4 is 17.5 Å². The molecule has 4 heteroatoms. The van der Waals surface area contributed by atoms with Gasteiger partial charge in [-0.3, -0.25) is 9.59 Å². The second kappa shape index (κ2) is 4.59. The lowest BCUT2D eigenvalue weighted by molar-refractivity contribution is -0.125. The van der Waals surface area contributed by atoms with Gasteiger partial charge in [0.2, 0.25) is 11.8 Å². The topological polar surface area (TPSA) is 63.4 Å². The highest BCUT2D eigenvalue weighted by atomic mass is 16.2. The standard InChI is InChI=1S/C11H14N2O2/c1-8-3-5-9(6-4-8)13(2)11(15)7-10(12)14/h3-6H,7H2,1-2H3,(H2,12,14). The fraction of sp³-hybridized carbons (Fsp3) is 0.273. The maximum Gasteiger partial charge on any atom is 0.236 e. The van der Waals surface area contributed by atoms with Crippen molar-refractivity contribution in [1.29, 1.82) is 0 Å². The Hall–Kier alpha value is -1.84. The summed E-state index contributed by atoms with van der Waals surface area (Å²) in [5.41, 5.74) is 6.82. The smallest absolute Gasteiger partial charge is 0.236 e. The van der Waals surface area contributed by atoms with Gasteiger partial charge in [-0.15, -0.1) is 0 Å². The molecule has 0 fully saturated rings. The van der Waals surface area contributed by atoms with Gasteiger partial charge in [0.25, 0.3) is 0 Å². The zero-order valence-electron chi connectivity index (χ0n) is 8.86. The predicted octanol–water partition coefficient (Wildman–Crippen LogP) is 0.833. The first-order chi connectivity index (χ1) is 7.00. The van der Waals surface area contributed by atoms with Gasteiger partial charge in [0.05, 0.1) is 0 Å². The van der Waals surface area contributed by atoms with Gasteiger partial charge < -0.3 is 10.6 Å². The highest BCUT2D eigenvalue weighted by Gasteiger charge is 2.12. The molecule has 0 spiro atoms. The molecule has 80 valence electrons. The average Bonchev–Trinajstić information content (AvgIpc) is 2.17. The molecule has 2 amide bonds. The fourth-order valence-electron chi connectivity index (χ4n) is 1.18. The maximum atomic E-state index is 11.5. The van der Waals surface area contributed by atoms with Crippen LogP contribution in [-0.4, -0.2) is 18.9 Å². The van der Waals surface area contributed by atoms with E-state index in [1.54, 1.807) is 7.05 Å². The van der Waals surface area contributed by atoms with E-state index in [0.29, 0.717) is 0 Å². The van der Waals surface area contributed by atoms with Crippen molar-refractivity contribution in [3.8, 4) is 0 Å². The van der Waals surface area contributed by atoms with E-state index < -0.39 is 5.91 Å². The molecule has 2 N–H and O–H groups in total. The molecule has 0 saturated heterocycles. The number of aryl methyl sites for hydroxylation is 1. The lowest BCUT2D eigenvalue weighted by atomic mass is 10.2. The summed E-state index contributed by atoms with van der Waals surface area (Å²) in [4.78, 5) is 23.5. The van der Waals surface area contributed by atoms with Crippen LogP contribution in [0.5, 0.6) is 0 Å². The number of rotatable bonds is 3. The molecule has 0 aliphatic rings. The largest absolute Gasteiger partial charge is 0.369 e. The van der Waals surface area contributed by atoms with E-state index in [2.05, 4.69) is 0 Å². The Kier molecular flexibility index (Phi) is 3.44. The van der Waals surface area contributed by atoms with E-state index >= 15 is 0 Å². The molecule has 1 aromatic rings. The molecule has 0 radical (unpaired) electrons. The van der Waals surface area contributed by atoms with Gasteiger partial charge in [-0.25, -0.2) is 0 Å². The number of amides is 2. The Labute approximate surface area is 88.7 Å². The van der Waals surface area contributed by atoms with Crippen LogP contribution < -0.4 is 10.6 Å². The first kappa shape index (κ1) is 11.2. The summed E-state index contributed by atoms with van der Waals surface area (Å²) in [6.45, 7) is 1.97. The molecule has 0 aliphatic heterocycles. The van der Waals surface area contributed by atoms with Crippen LogP contribution in [-0.2, 0) is 9.59 Å². The van der Waals surface area contributed by atoms with Crippen LogP contribution in [0.4, 0.5) is 5.69 Å². The minimum Gasteiger partial charge on any atom is -0.369 e. The molecule has 0 bridgehead atoms. The Morgan fingerprint density at radius 2 is 1.80 bits per heavy atom. The quantitative estimate of drug-likeness (QED) is 0.744. The lowest BCUT2D eigenvalue weighted by Crippen LogP contribution is -2.30. The van der Waals surface area contributed by atoms with Crippen LogP contribution in [0.25, 0.3) is 0 Å². The first-order valence-electron chi connectivity index (χ1n) is 4.62. The third-order valence-corrected chi connectivity index (χ3v) is 2.12. The number of benzene rings is 1. The number of anilines is 1. The second-order valence-electron chi connectivity index (χ2n) is 3.43. The molecule has 1 aromatic carbocycles. The predicted molar refractivity (Wildman–Crippen MR) is 58.4 cm³/mol. The van der Waals surface area contributed by atoms with Crippen molar-refractivity contribution in [2.75, 3.05) is 11.9 Å². The Bertz CT molecular complexity index is 371. The van der Waals surface area contributed by atoms with Crippen LogP contribution in [0.1, 0.15) is 12.0 Å². The number of carbonyl (C=O) groups is 2. The SMILES string of the molecule is Cc1ccc(N(C)C(=O)CC(N)=O)cc1. The van der Waals surface area contributed by atoms with Crippen LogP contribution in [0.2, 0.25) is 0 Å². The van der Waals surface area contributed by atoms with Crippen molar-refractivity contribution in [1.82, 2.24) is 0 Å². The number of nitrogens with zero attached hydrogens (tertiary/aromatic N) is 1. The lowest BCUT2D eigenvalue weighted by Gasteiger charge is -2.16. The number of carbonyl (C=O) groups excluding carboxylic acids is 2. The molecular weight excluding hydrogens is 192 g/mol. The van der Waals surface area contributed by atoms with Crippen molar-refractivity contribution in [3.63, 3.8) is 0 Å². The molecule has 15 heavy (non-hydrogen) atoms. The van der Waals surface area contributed by atoms with Gasteiger partial charge in [-0.05, 0) is 19.1 Å². The van der Waals surface area contributed by atoms with Crippen LogP contribution >= 0.6 is 0 Å². The minimum absolute atomic E-state index is 0.260. The summed E-state index contributed by atoms with van der Waals surface area (Å²) < 4.78 is 0. The zero-order chi connectivity index (χ0) is 11.4. The normalized spacial score (nSPS) is 9.73. The van der Waals surface area contributed by atoms with Crippen molar-refractivity contribution in [3.05, 3.63) is 29.8 Å². The highest BCUT2D eigenvalue weighted by molar-refractivity contribution is 6.04. The summed E-state index contributed by atoms with van der Waals surface area (Å²) in [5, 5.41) is 0. The molecule has 4 nitrogen and oxygen atoms in total. The van der Waals surface area contributed by atoms with Crippen LogP contribution in [0, 0.1) is 6.92 Å². The average molecular weight is 206 g/mol. The Morgan fingerprint density at radius 1 is 1.27 bits per heavy atom. The van der Waals surface area contributed by atoms with Crippen molar-refractivity contribution < 1.29 is 9.59 Å². The second-order valence-corrected chi connectivity index (χ2v) is 3.43. The molecule has 0 saturated carbocycles. The summed E-state index contributed by atoms with van der Waals surface area (Å²) in [6, 6.07) is 7.47. The van der Waals surface area contributed by atoms with Gasteiger partial charge in [0.1, 0.15) is 6.42 Å². The minimum atomic E-state index is -0.612. The van der Waals surface area contributed by atoms with Gasteiger partial charge >= 0.3 is 0 Å². The van der Waals surface area contributed by atoms with E-state index in [4.69, 9.17) is 5.73 Å². The van der Waals surface area contributed by atoms with E-state index in [1.807, 2.05) is 31.2 Å². The molecule has 0 aliphatic carbocycles. The van der Waals surface area contributed by atoms with Gasteiger partial charge in [-0.2, -0.15) is 0 Å². The molecule has 0 heterocycles. The van der Waals surface area contributed by atoms with Gasteiger partial charge in [0.15, 0.2) is 0 Å². The van der Waals surface area contributed by atoms with Crippen LogP contribution in [0.3, 0.4) is 0 Å².